The molecule has 0 saturated carbocycles. The molecule has 6 nitrogen and oxygen atoms in total. The third kappa shape index (κ3) is 5.44. The number of thioether (sulfide) groups is 1. The van der Waals surface area contributed by atoms with Gasteiger partial charge in [0.25, 0.3) is 0 Å². The smallest absolute Gasteiger partial charge is 0.152 e. The molecule has 3 heterocycles. The summed E-state index contributed by atoms with van der Waals surface area (Å²) in [4.78, 5) is 9.63. The number of rotatable bonds is 6. The molecule has 3 aromatic rings. The van der Waals surface area contributed by atoms with Gasteiger partial charge in [-0.1, -0.05) is 23.7 Å². The molecule has 0 amide bonds. The van der Waals surface area contributed by atoms with Crippen LogP contribution in [0.2, 0.25) is 5.02 Å². The predicted molar refractivity (Wildman–Crippen MR) is 122 cm³/mol. The molecule has 0 atom stereocenters. The summed E-state index contributed by atoms with van der Waals surface area (Å²) in [5.74, 6) is 2.63. The van der Waals surface area contributed by atoms with Crippen molar-refractivity contribution in [3.05, 3.63) is 58.7 Å². The summed E-state index contributed by atoms with van der Waals surface area (Å²) in [5, 5.41) is 12.4. The van der Waals surface area contributed by atoms with E-state index in [9.17, 15) is 0 Å². The quantitative estimate of drug-likeness (QED) is 0.561. The molecule has 8 heteroatoms. The molecule has 29 heavy (non-hydrogen) atoms. The Hall–Kier alpha value is -2.22. The minimum Gasteiger partial charge on any atom is -0.354 e. The molecule has 1 fully saturated rings. The lowest BCUT2D eigenvalue weighted by Crippen LogP contribution is -2.44. The van der Waals surface area contributed by atoms with Crippen molar-refractivity contribution in [2.75, 3.05) is 43.4 Å². The molecule has 1 aromatic carbocycles. The van der Waals surface area contributed by atoms with E-state index in [4.69, 9.17) is 16.6 Å². The minimum atomic E-state index is 0.763. The number of piperazine rings is 1. The molecule has 0 spiro atoms. The van der Waals surface area contributed by atoms with Gasteiger partial charge in [-0.3, -0.25) is 5.10 Å². The highest BCUT2D eigenvalue weighted by Gasteiger charge is 2.17. The topological polar surface area (TPSA) is 60.1 Å². The summed E-state index contributed by atoms with van der Waals surface area (Å²) >= 11 is 7.84. The van der Waals surface area contributed by atoms with Crippen LogP contribution in [-0.4, -0.2) is 53.3 Å². The summed E-state index contributed by atoms with van der Waals surface area (Å²) in [6.07, 6.45) is 0. The van der Waals surface area contributed by atoms with E-state index < -0.39 is 0 Å². The van der Waals surface area contributed by atoms with E-state index in [2.05, 4.69) is 50.6 Å². The Balaban J connectivity index is 1.56. The second kappa shape index (κ2) is 9.07. The van der Waals surface area contributed by atoms with Crippen LogP contribution < -0.4 is 10.2 Å². The van der Waals surface area contributed by atoms with Crippen LogP contribution in [0.15, 0.2) is 47.5 Å². The Morgan fingerprint density at radius 1 is 1.14 bits per heavy atom. The van der Waals surface area contributed by atoms with Crippen LogP contribution in [0.5, 0.6) is 0 Å². The molecule has 1 aliphatic rings. The van der Waals surface area contributed by atoms with E-state index in [1.807, 2.05) is 31.2 Å². The van der Waals surface area contributed by atoms with Crippen molar-refractivity contribution >= 4 is 40.7 Å². The average molecular weight is 429 g/mol. The zero-order chi connectivity index (χ0) is 20.2. The first-order valence-corrected chi connectivity index (χ1v) is 11.0. The van der Waals surface area contributed by atoms with Crippen LogP contribution in [0.4, 0.5) is 17.3 Å². The van der Waals surface area contributed by atoms with Gasteiger partial charge in [0.2, 0.25) is 0 Å². The fourth-order valence-corrected chi connectivity index (χ4v) is 4.32. The van der Waals surface area contributed by atoms with Gasteiger partial charge in [-0.25, -0.2) is 4.98 Å². The number of likely N-dealkylation sites (N-methyl/N-ethyl adjacent to an activating group) is 1. The number of pyridine rings is 1. The number of H-pyrrole nitrogens is 1. The third-order valence-electron chi connectivity index (χ3n) is 4.87. The van der Waals surface area contributed by atoms with Crippen LogP contribution >= 0.6 is 23.4 Å². The summed E-state index contributed by atoms with van der Waals surface area (Å²) in [7, 11) is 2.16. The molecule has 152 valence electrons. The van der Waals surface area contributed by atoms with Crippen molar-refractivity contribution < 1.29 is 0 Å². The summed E-state index contributed by atoms with van der Waals surface area (Å²) < 4.78 is 0. The number of aryl methyl sites for hydroxylation is 1. The molecule has 2 N–H and O–H groups in total. The standard InChI is InChI=1S/C21H25ClN6S/c1-15-10-19(26-25-15)23-18-12-20(28-8-6-27(2)7-9-28)24-21(13-18)29-14-16-4-3-5-17(22)11-16/h3-5,10-13H,6-9,14H2,1-2H3,(H2,23,24,25,26). The minimum absolute atomic E-state index is 0.763. The largest absolute Gasteiger partial charge is 0.354 e. The number of benzene rings is 1. The number of nitrogens with zero attached hydrogens (tertiary/aromatic N) is 4. The number of aromatic amines is 1. The Bertz CT molecular complexity index is 967. The maximum Gasteiger partial charge on any atom is 0.152 e. The van der Waals surface area contributed by atoms with Gasteiger partial charge < -0.3 is 15.1 Å². The molecule has 4 rings (SSSR count). The SMILES string of the molecule is Cc1cc(Nc2cc(SCc3cccc(Cl)c3)nc(N3CCN(C)CC3)c2)n[nH]1. The Kier molecular flexibility index (Phi) is 6.28. The van der Waals surface area contributed by atoms with Crippen molar-refractivity contribution in [1.29, 1.82) is 0 Å². The van der Waals surface area contributed by atoms with Gasteiger partial charge in [-0.15, -0.1) is 11.8 Å². The highest BCUT2D eigenvalue weighted by atomic mass is 35.5. The van der Waals surface area contributed by atoms with E-state index in [1.54, 1.807) is 11.8 Å². The number of hydrogen-bond acceptors (Lipinski definition) is 6. The van der Waals surface area contributed by atoms with Crippen LogP contribution in [0.3, 0.4) is 0 Å². The Morgan fingerprint density at radius 2 is 1.97 bits per heavy atom. The molecular weight excluding hydrogens is 404 g/mol. The number of anilines is 3. The average Bonchev–Trinajstić information content (AvgIpc) is 3.11. The fourth-order valence-electron chi connectivity index (χ4n) is 3.25. The van der Waals surface area contributed by atoms with E-state index >= 15 is 0 Å². The lowest BCUT2D eigenvalue weighted by atomic mass is 10.2. The first-order valence-electron chi connectivity index (χ1n) is 9.67. The Morgan fingerprint density at radius 3 is 2.69 bits per heavy atom. The number of hydrogen-bond donors (Lipinski definition) is 2. The van der Waals surface area contributed by atoms with Crippen molar-refractivity contribution in [1.82, 2.24) is 20.1 Å². The molecule has 0 aliphatic carbocycles. The molecule has 2 aromatic heterocycles. The van der Waals surface area contributed by atoms with Gasteiger partial charge in [0, 0.05) is 60.5 Å². The monoisotopic (exact) mass is 428 g/mol. The molecule has 0 bridgehead atoms. The molecule has 1 aliphatic heterocycles. The molecule has 0 unspecified atom stereocenters. The third-order valence-corrected chi connectivity index (χ3v) is 6.09. The van der Waals surface area contributed by atoms with Crippen LogP contribution in [-0.2, 0) is 5.75 Å². The number of halogens is 1. The lowest BCUT2D eigenvalue weighted by molar-refractivity contribution is 0.312. The van der Waals surface area contributed by atoms with Gasteiger partial charge in [0.1, 0.15) is 10.8 Å². The maximum absolute atomic E-state index is 6.13. The first-order chi connectivity index (χ1) is 14.0. The molecule has 1 saturated heterocycles. The summed E-state index contributed by atoms with van der Waals surface area (Å²) in [6, 6.07) is 14.2. The van der Waals surface area contributed by atoms with Gasteiger partial charge in [0.15, 0.2) is 5.82 Å². The predicted octanol–water partition coefficient (Wildman–Crippen LogP) is 4.55. The van der Waals surface area contributed by atoms with Crippen LogP contribution in [0, 0.1) is 6.92 Å². The van der Waals surface area contributed by atoms with Crippen molar-refractivity contribution in [2.24, 2.45) is 0 Å². The number of aromatic nitrogens is 3. The van der Waals surface area contributed by atoms with Crippen molar-refractivity contribution in [3.63, 3.8) is 0 Å². The lowest BCUT2D eigenvalue weighted by Gasteiger charge is -2.33. The van der Waals surface area contributed by atoms with Gasteiger partial charge in [-0.2, -0.15) is 5.10 Å². The van der Waals surface area contributed by atoms with E-state index in [1.165, 1.54) is 5.56 Å². The van der Waals surface area contributed by atoms with E-state index in [0.717, 1.165) is 65.0 Å². The normalized spacial score (nSPS) is 14.9. The summed E-state index contributed by atoms with van der Waals surface area (Å²) in [5.41, 5.74) is 3.21. The highest BCUT2D eigenvalue weighted by Crippen LogP contribution is 2.30. The van der Waals surface area contributed by atoms with E-state index in [0.29, 0.717) is 0 Å². The molecular formula is C21H25ClN6S. The summed E-state index contributed by atoms with van der Waals surface area (Å²) in [6.45, 7) is 6.04. The highest BCUT2D eigenvalue weighted by molar-refractivity contribution is 7.98. The molecule has 0 radical (unpaired) electrons. The second-order valence-electron chi connectivity index (χ2n) is 7.32. The van der Waals surface area contributed by atoms with Crippen LogP contribution in [0.1, 0.15) is 11.3 Å². The maximum atomic E-state index is 6.13. The van der Waals surface area contributed by atoms with Gasteiger partial charge in [0.05, 0.1) is 0 Å². The Labute approximate surface area is 180 Å². The van der Waals surface area contributed by atoms with Crippen molar-refractivity contribution in [3.8, 4) is 0 Å². The van der Waals surface area contributed by atoms with Crippen molar-refractivity contribution in [2.45, 2.75) is 17.7 Å². The first kappa shape index (κ1) is 20.1. The zero-order valence-corrected chi connectivity index (χ0v) is 18.2. The van der Waals surface area contributed by atoms with E-state index in [-0.39, 0.29) is 0 Å². The zero-order valence-electron chi connectivity index (χ0n) is 16.7. The second-order valence-corrected chi connectivity index (χ2v) is 8.75. The van der Waals surface area contributed by atoms with Crippen LogP contribution in [0.25, 0.3) is 0 Å². The number of nitrogens with one attached hydrogen (secondary N) is 2. The van der Waals surface area contributed by atoms with Gasteiger partial charge in [-0.05, 0) is 37.7 Å². The van der Waals surface area contributed by atoms with Gasteiger partial charge >= 0.3 is 0 Å². The fraction of sp³-hybridized carbons (Fsp3) is 0.333.